The predicted octanol–water partition coefficient (Wildman–Crippen LogP) is 3.33. The van der Waals surface area contributed by atoms with E-state index in [0.29, 0.717) is 24.8 Å². The van der Waals surface area contributed by atoms with Crippen molar-refractivity contribution in [3.63, 3.8) is 0 Å². The third-order valence-corrected chi connectivity index (χ3v) is 3.01. The van der Waals surface area contributed by atoms with Crippen LogP contribution in [-0.4, -0.2) is 25.2 Å². The second-order valence-corrected chi connectivity index (χ2v) is 5.58. The molecule has 1 atom stereocenters. The minimum absolute atomic E-state index is 0.150. The molecule has 0 saturated carbocycles. The van der Waals surface area contributed by atoms with Crippen LogP contribution in [0.1, 0.15) is 33.6 Å². The molecule has 0 heterocycles. The lowest BCUT2D eigenvalue weighted by molar-refractivity contribution is 0.232. The van der Waals surface area contributed by atoms with Gasteiger partial charge in [0.1, 0.15) is 18.2 Å². The van der Waals surface area contributed by atoms with Crippen LogP contribution >= 0.6 is 0 Å². The van der Waals surface area contributed by atoms with Crippen molar-refractivity contribution in [2.45, 2.75) is 39.7 Å². The zero-order valence-electron chi connectivity index (χ0n) is 13.0. The molecule has 0 saturated heterocycles. The Kier molecular flexibility index (Phi) is 7.58. The molecular weight excluding hydrogens is 271 g/mol. The Labute approximate surface area is 126 Å². The van der Waals surface area contributed by atoms with Crippen molar-refractivity contribution < 1.29 is 13.9 Å². The van der Waals surface area contributed by atoms with Gasteiger partial charge in [-0.15, -0.1) is 0 Å². The van der Waals surface area contributed by atoms with Crippen molar-refractivity contribution in [2.75, 3.05) is 13.2 Å². The molecule has 1 unspecified atom stereocenters. The number of carbonyl (C=O) groups excluding carboxylic acids is 1. The van der Waals surface area contributed by atoms with Gasteiger partial charge in [0.25, 0.3) is 0 Å². The molecule has 4 nitrogen and oxygen atoms in total. The SMILES string of the molecule is CC(C)CCC(C)NC(=O)NCCOc1cccc(F)c1. The molecule has 0 aromatic heterocycles. The highest BCUT2D eigenvalue weighted by atomic mass is 19.1. The summed E-state index contributed by atoms with van der Waals surface area (Å²) in [6, 6.07) is 5.88. The average Bonchev–Trinajstić information content (AvgIpc) is 2.41. The number of benzene rings is 1. The van der Waals surface area contributed by atoms with E-state index in [4.69, 9.17) is 4.74 Å². The van der Waals surface area contributed by atoms with Gasteiger partial charge in [-0.1, -0.05) is 19.9 Å². The third kappa shape index (κ3) is 8.17. The van der Waals surface area contributed by atoms with E-state index in [-0.39, 0.29) is 17.9 Å². The zero-order chi connectivity index (χ0) is 15.7. The van der Waals surface area contributed by atoms with Gasteiger partial charge in [0.05, 0.1) is 6.54 Å². The summed E-state index contributed by atoms with van der Waals surface area (Å²) in [6.45, 7) is 6.99. The Morgan fingerprint density at radius 3 is 2.71 bits per heavy atom. The Bertz CT molecular complexity index is 438. The van der Waals surface area contributed by atoms with Crippen LogP contribution in [0, 0.1) is 11.7 Å². The number of ether oxygens (including phenoxy) is 1. The van der Waals surface area contributed by atoms with Crippen LogP contribution in [0.15, 0.2) is 24.3 Å². The molecule has 1 aromatic rings. The Morgan fingerprint density at radius 2 is 2.05 bits per heavy atom. The first-order valence-corrected chi connectivity index (χ1v) is 7.40. The van der Waals surface area contributed by atoms with E-state index in [2.05, 4.69) is 24.5 Å². The van der Waals surface area contributed by atoms with Gasteiger partial charge in [-0.2, -0.15) is 0 Å². The van der Waals surface area contributed by atoms with Crippen molar-refractivity contribution in [1.82, 2.24) is 10.6 Å². The van der Waals surface area contributed by atoms with Gasteiger partial charge in [-0.25, -0.2) is 9.18 Å². The fraction of sp³-hybridized carbons (Fsp3) is 0.562. The number of amides is 2. The molecule has 1 rings (SSSR count). The van der Waals surface area contributed by atoms with E-state index in [1.807, 2.05) is 6.92 Å². The summed E-state index contributed by atoms with van der Waals surface area (Å²) in [5.74, 6) is 0.761. The second-order valence-electron chi connectivity index (χ2n) is 5.58. The van der Waals surface area contributed by atoms with Gasteiger partial charge in [0.2, 0.25) is 0 Å². The quantitative estimate of drug-likeness (QED) is 0.723. The van der Waals surface area contributed by atoms with Crippen molar-refractivity contribution in [3.8, 4) is 5.75 Å². The fourth-order valence-electron chi connectivity index (χ4n) is 1.82. The summed E-state index contributed by atoms with van der Waals surface area (Å²) >= 11 is 0. The molecule has 118 valence electrons. The summed E-state index contributed by atoms with van der Waals surface area (Å²) in [5, 5.41) is 5.59. The summed E-state index contributed by atoms with van der Waals surface area (Å²) in [6.07, 6.45) is 2.05. The molecule has 0 aliphatic carbocycles. The van der Waals surface area contributed by atoms with Crippen molar-refractivity contribution in [3.05, 3.63) is 30.1 Å². The molecule has 0 aliphatic rings. The van der Waals surface area contributed by atoms with Gasteiger partial charge in [0.15, 0.2) is 0 Å². The first kappa shape index (κ1) is 17.3. The molecular formula is C16H25FN2O2. The maximum atomic E-state index is 12.9. The fourth-order valence-corrected chi connectivity index (χ4v) is 1.82. The number of carbonyl (C=O) groups is 1. The van der Waals surface area contributed by atoms with Crippen molar-refractivity contribution >= 4 is 6.03 Å². The Balaban J connectivity index is 2.13. The maximum Gasteiger partial charge on any atom is 0.315 e. The topological polar surface area (TPSA) is 50.4 Å². The summed E-state index contributed by atoms with van der Waals surface area (Å²) in [5.41, 5.74) is 0. The number of rotatable bonds is 8. The molecule has 21 heavy (non-hydrogen) atoms. The van der Waals surface area contributed by atoms with E-state index in [1.165, 1.54) is 12.1 Å². The van der Waals surface area contributed by atoms with Gasteiger partial charge in [-0.3, -0.25) is 0 Å². The molecule has 0 radical (unpaired) electrons. The van der Waals surface area contributed by atoms with Crippen LogP contribution in [0.3, 0.4) is 0 Å². The maximum absolute atomic E-state index is 12.9. The van der Waals surface area contributed by atoms with Crippen molar-refractivity contribution in [1.29, 1.82) is 0 Å². The average molecular weight is 296 g/mol. The van der Waals surface area contributed by atoms with Crippen LogP contribution < -0.4 is 15.4 Å². The molecule has 5 heteroatoms. The Hall–Kier alpha value is -1.78. The molecule has 0 fully saturated rings. The van der Waals surface area contributed by atoms with Gasteiger partial charge >= 0.3 is 6.03 Å². The highest BCUT2D eigenvalue weighted by Crippen LogP contribution is 2.11. The minimum Gasteiger partial charge on any atom is -0.492 e. The molecule has 0 bridgehead atoms. The highest BCUT2D eigenvalue weighted by Gasteiger charge is 2.07. The smallest absolute Gasteiger partial charge is 0.315 e. The highest BCUT2D eigenvalue weighted by molar-refractivity contribution is 5.74. The first-order valence-electron chi connectivity index (χ1n) is 7.40. The van der Waals surface area contributed by atoms with Gasteiger partial charge in [-0.05, 0) is 37.8 Å². The number of halogens is 1. The number of hydrogen-bond acceptors (Lipinski definition) is 2. The van der Waals surface area contributed by atoms with E-state index >= 15 is 0 Å². The molecule has 2 amide bonds. The third-order valence-electron chi connectivity index (χ3n) is 3.01. The standard InChI is InChI=1S/C16H25FN2O2/c1-12(2)7-8-13(3)19-16(20)18-9-10-21-15-6-4-5-14(17)11-15/h4-6,11-13H,7-10H2,1-3H3,(H2,18,19,20). The number of urea groups is 1. The molecule has 1 aromatic carbocycles. The lowest BCUT2D eigenvalue weighted by Crippen LogP contribution is -2.42. The monoisotopic (exact) mass is 296 g/mol. The predicted molar refractivity (Wildman–Crippen MR) is 82.0 cm³/mol. The largest absolute Gasteiger partial charge is 0.492 e. The van der Waals surface area contributed by atoms with Crippen LogP contribution in [-0.2, 0) is 0 Å². The second kappa shape index (κ2) is 9.21. The van der Waals surface area contributed by atoms with Crippen LogP contribution in [0.4, 0.5) is 9.18 Å². The lowest BCUT2D eigenvalue weighted by Gasteiger charge is -2.15. The molecule has 0 aliphatic heterocycles. The number of nitrogens with one attached hydrogen (secondary N) is 2. The Morgan fingerprint density at radius 1 is 1.29 bits per heavy atom. The molecule has 0 spiro atoms. The van der Waals surface area contributed by atoms with E-state index in [9.17, 15) is 9.18 Å². The van der Waals surface area contributed by atoms with E-state index in [1.54, 1.807) is 12.1 Å². The summed E-state index contributed by atoms with van der Waals surface area (Å²) < 4.78 is 18.3. The zero-order valence-corrected chi connectivity index (χ0v) is 13.0. The van der Waals surface area contributed by atoms with E-state index < -0.39 is 0 Å². The summed E-state index contributed by atoms with van der Waals surface area (Å²) in [7, 11) is 0. The van der Waals surface area contributed by atoms with Crippen LogP contribution in [0.5, 0.6) is 5.75 Å². The number of hydrogen-bond donors (Lipinski definition) is 2. The lowest BCUT2D eigenvalue weighted by atomic mass is 10.0. The van der Waals surface area contributed by atoms with Crippen LogP contribution in [0.25, 0.3) is 0 Å². The molecule has 2 N–H and O–H groups in total. The normalized spacial score (nSPS) is 12.0. The minimum atomic E-state index is -0.336. The van der Waals surface area contributed by atoms with E-state index in [0.717, 1.165) is 12.8 Å². The summed E-state index contributed by atoms with van der Waals surface area (Å²) in [4.78, 5) is 11.6. The van der Waals surface area contributed by atoms with Crippen LogP contribution in [0.2, 0.25) is 0 Å². The van der Waals surface area contributed by atoms with Crippen molar-refractivity contribution in [2.24, 2.45) is 5.92 Å². The first-order chi connectivity index (χ1) is 9.97. The van der Waals surface area contributed by atoms with Gasteiger partial charge in [0, 0.05) is 12.1 Å². The van der Waals surface area contributed by atoms with Gasteiger partial charge < -0.3 is 15.4 Å².